The van der Waals surface area contributed by atoms with Gasteiger partial charge in [-0.1, -0.05) is 42.0 Å². The maximum absolute atomic E-state index is 14.2. The summed E-state index contributed by atoms with van der Waals surface area (Å²) in [6, 6.07) is 18.7. The fraction of sp³-hybridized carbons (Fsp3) is 0.120. The number of anilines is 6. The van der Waals surface area contributed by atoms with Gasteiger partial charge in [0, 0.05) is 5.69 Å². The molecule has 4 N–H and O–H groups in total. The van der Waals surface area contributed by atoms with Crippen molar-refractivity contribution in [3.63, 3.8) is 0 Å². The molecule has 3 aromatic carbocycles. The van der Waals surface area contributed by atoms with E-state index in [9.17, 15) is 13.6 Å². The molecule has 35 heavy (non-hydrogen) atoms. The normalized spacial score (nSPS) is 11.4. The van der Waals surface area contributed by atoms with E-state index in [0.717, 1.165) is 5.56 Å². The number of para-hydroxylation sites is 2. The molecule has 0 radical (unpaired) electrons. The van der Waals surface area contributed by atoms with Crippen molar-refractivity contribution >= 4 is 40.8 Å². The van der Waals surface area contributed by atoms with Gasteiger partial charge in [0.1, 0.15) is 17.7 Å². The lowest BCUT2D eigenvalue weighted by Crippen LogP contribution is -2.32. The van der Waals surface area contributed by atoms with Crippen LogP contribution in [0.15, 0.2) is 72.8 Å². The van der Waals surface area contributed by atoms with E-state index in [2.05, 4.69) is 36.2 Å². The van der Waals surface area contributed by atoms with Gasteiger partial charge in [0.25, 0.3) is 0 Å². The Balaban J connectivity index is 1.57. The topological polar surface area (TPSA) is 104 Å². The quantitative estimate of drug-likeness (QED) is 0.271. The molecule has 1 heterocycles. The molecule has 8 nitrogen and oxygen atoms in total. The van der Waals surface area contributed by atoms with E-state index in [0.29, 0.717) is 5.69 Å². The van der Waals surface area contributed by atoms with Crippen LogP contribution in [0.25, 0.3) is 0 Å². The average Bonchev–Trinajstić information content (AvgIpc) is 2.83. The first-order valence-electron chi connectivity index (χ1n) is 10.8. The summed E-state index contributed by atoms with van der Waals surface area (Å²) in [6.45, 7) is 3.59. The second kappa shape index (κ2) is 10.6. The minimum atomic E-state index is -0.735. The van der Waals surface area contributed by atoms with Gasteiger partial charge in [-0.05, 0) is 50.2 Å². The number of hydrogen-bond acceptors (Lipinski definition) is 7. The van der Waals surface area contributed by atoms with Gasteiger partial charge in [0.2, 0.25) is 23.8 Å². The predicted molar refractivity (Wildman–Crippen MR) is 132 cm³/mol. The highest BCUT2D eigenvalue weighted by Crippen LogP contribution is 2.22. The molecule has 0 spiro atoms. The van der Waals surface area contributed by atoms with Crippen molar-refractivity contribution in [1.29, 1.82) is 0 Å². The minimum Gasteiger partial charge on any atom is -0.342 e. The van der Waals surface area contributed by atoms with Gasteiger partial charge in [0.15, 0.2) is 0 Å². The number of aromatic nitrogens is 3. The van der Waals surface area contributed by atoms with Crippen LogP contribution in [-0.2, 0) is 4.79 Å². The number of rotatable bonds is 8. The van der Waals surface area contributed by atoms with Crippen LogP contribution in [0, 0.1) is 18.6 Å². The summed E-state index contributed by atoms with van der Waals surface area (Å²) in [5, 5.41) is 11.3. The van der Waals surface area contributed by atoms with E-state index in [4.69, 9.17) is 0 Å². The Morgan fingerprint density at radius 2 is 1.23 bits per heavy atom. The Morgan fingerprint density at radius 1 is 0.743 bits per heavy atom. The first-order valence-corrected chi connectivity index (χ1v) is 10.8. The summed E-state index contributed by atoms with van der Waals surface area (Å²) in [7, 11) is 0. The van der Waals surface area contributed by atoms with Crippen molar-refractivity contribution in [2.75, 3.05) is 21.3 Å². The number of amides is 1. The maximum Gasteiger partial charge on any atom is 0.246 e. The zero-order valence-corrected chi connectivity index (χ0v) is 19.0. The van der Waals surface area contributed by atoms with Crippen molar-refractivity contribution in [3.8, 4) is 0 Å². The fourth-order valence-corrected chi connectivity index (χ4v) is 3.06. The van der Waals surface area contributed by atoms with Gasteiger partial charge in [-0.3, -0.25) is 4.79 Å². The van der Waals surface area contributed by atoms with E-state index < -0.39 is 17.7 Å². The number of nitrogens with one attached hydrogen (secondary N) is 4. The Hall–Kier alpha value is -4.60. The summed E-state index contributed by atoms with van der Waals surface area (Å²) >= 11 is 0. The van der Waals surface area contributed by atoms with Crippen LogP contribution in [0.1, 0.15) is 12.5 Å². The van der Waals surface area contributed by atoms with E-state index in [1.165, 1.54) is 24.3 Å². The van der Waals surface area contributed by atoms with Crippen molar-refractivity contribution < 1.29 is 13.6 Å². The second-order valence-electron chi connectivity index (χ2n) is 7.74. The number of carbonyl (C=O) groups is 1. The van der Waals surface area contributed by atoms with Crippen LogP contribution in [0.5, 0.6) is 0 Å². The zero-order valence-electron chi connectivity index (χ0n) is 19.0. The monoisotopic (exact) mass is 475 g/mol. The van der Waals surface area contributed by atoms with Crippen LogP contribution in [-0.4, -0.2) is 26.9 Å². The van der Waals surface area contributed by atoms with Gasteiger partial charge < -0.3 is 21.3 Å². The lowest BCUT2D eigenvalue weighted by Gasteiger charge is -2.16. The van der Waals surface area contributed by atoms with Gasteiger partial charge in [0.05, 0.1) is 11.4 Å². The Morgan fingerprint density at radius 3 is 1.74 bits per heavy atom. The second-order valence-corrected chi connectivity index (χ2v) is 7.74. The highest BCUT2D eigenvalue weighted by Gasteiger charge is 2.17. The number of benzene rings is 3. The molecule has 1 aromatic heterocycles. The Bertz CT molecular complexity index is 1270. The Labute approximate surface area is 200 Å². The maximum atomic E-state index is 14.2. The average molecular weight is 476 g/mol. The zero-order chi connectivity index (χ0) is 24.8. The van der Waals surface area contributed by atoms with Crippen LogP contribution < -0.4 is 21.3 Å². The van der Waals surface area contributed by atoms with Gasteiger partial charge in [-0.2, -0.15) is 15.0 Å². The molecular formula is C25H23F2N7O. The SMILES string of the molecule is Cc1ccc(NC(=O)[C@@H](C)Nc2nc(Nc3ccccc3F)nc(Nc3ccccc3F)n2)cc1. The van der Waals surface area contributed by atoms with Crippen molar-refractivity contribution in [1.82, 2.24) is 15.0 Å². The number of halogens is 2. The molecule has 0 saturated heterocycles. The van der Waals surface area contributed by atoms with E-state index >= 15 is 0 Å². The fourth-order valence-electron chi connectivity index (χ4n) is 3.06. The minimum absolute atomic E-state index is 0.00224. The number of nitrogens with zero attached hydrogens (tertiary/aromatic N) is 3. The number of carbonyl (C=O) groups excluding carboxylic acids is 1. The smallest absolute Gasteiger partial charge is 0.246 e. The molecule has 4 aromatic rings. The molecule has 10 heteroatoms. The summed E-state index contributed by atoms with van der Waals surface area (Å²) in [4.78, 5) is 25.4. The van der Waals surface area contributed by atoms with Crippen molar-refractivity contribution in [3.05, 3.63) is 90.0 Å². The molecule has 0 aliphatic heterocycles. The first-order chi connectivity index (χ1) is 16.9. The van der Waals surface area contributed by atoms with Crippen molar-refractivity contribution in [2.24, 2.45) is 0 Å². The van der Waals surface area contributed by atoms with Gasteiger partial charge in [-0.15, -0.1) is 0 Å². The molecule has 0 saturated carbocycles. The standard InChI is InChI=1S/C25H23F2N7O/c1-15-11-13-17(14-12-15)29-22(35)16(2)28-23-32-24(30-20-9-5-3-7-18(20)26)34-25(33-23)31-21-10-6-4-8-19(21)27/h3-14,16H,1-2H3,(H,29,35)(H3,28,30,31,32,33,34)/t16-/m1/s1. The summed E-state index contributed by atoms with van der Waals surface area (Å²) in [5.41, 5.74) is 2.01. The molecule has 1 amide bonds. The van der Waals surface area contributed by atoms with Crippen LogP contribution >= 0.6 is 0 Å². The molecule has 0 fully saturated rings. The number of hydrogen-bond donors (Lipinski definition) is 4. The van der Waals surface area contributed by atoms with E-state index in [-0.39, 0.29) is 35.1 Å². The molecule has 0 bridgehead atoms. The summed E-state index contributed by atoms with van der Waals surface area (Å²) < 4.78 is 28.3. The summed E-state index contributed by atoms with van der Waals surface area (Å²) in [5.74, 6) is -1.30. The first kappa shape index (κ1) is 23.6. The largest absolute Gasteiger partial charge is 0.342 e. The van der Waals surface area contributed by atoms with Crippen LogP contribution in [0.2, 0.25) is 0 Å². The Kier molecular flexibility index (Phi) is 7.10. The van der Waals surface area contributed by atoms with Gasteiger partial charge >= 0.3 is 0 Å². The molecule has 4 rings (SSSR count). The third-order valence-corrected chi connectivity index (χ3v) is 4.93. The number of aryl methyl sites for hydroxylation is 1. The molecule has 0 aliphatic rings. The lowest BCUT2D eigenvalue weighted by atomic mass is 10.2. The third kappa shape index (κ3) is 6.26. The van der Waals surface area contributed by atoms with Crippen molar-refractivity contribution in [2.45, 2.75) is 19.9 Å². The van der Waals surface area contributed by atoms with Crippen LogP contribution in [0.4, 0.5) is 43.7 Å². The highest BCUT2D eigenvalue weighted by atomic mass is 19.1. The molecular weight excluding hydrogens is 452 g/mol. The highest BCUT2D eigenvalue weighted by molar-refractivity contribution is 5.96. The van der Waals surface area contributed by atoms with Crippen LogP contribution in [0.3, 0.4) is 0 Å². The predicted octanol–water partition coefficient (Wildman–Crippen LogP) is 5.38. The summed E-state index contributed by atoms with van der Waals surface area (Å²) in [6.07, 6.45) is 0. The lowest BCUT2D eigenvalue weighted by molar-refractivity contribution is -0.116. The molecule has 0 aliphatic carbocycles. The molecule has 0 unspecified atom stereocenters. The third-order valence-electron chi connectivity index (χ3n) is 4.93. The van der Waals surface area contributed by atoms with E-state index in [1.54, 1.807) is 43.3 Å². The molecule has 178 valence electrons. The van der Waals surface area contributed by atoms with Gasteiger partial charge in [-0.25, -0.2) is 8.78 Å². The molecule has 1 atom stereocenters. The van der Waals surface area contributed by atoms with E-state index in [1.807, 2.05) is 19.1 Å².